The molecule has 0 aliphatic carbocycles. The van der Waals surface area contributed by atoms with Gasteiger partial charge >= 0.3 is 17.1 Å². The number of aromatic nitrogens is 4. The summed E-state index contributed by atoms with van der Waals surface area (Å²) in [6.07, 6.45) is 6.37. The Hall–Kier alpha value is -1.01. The molecule has 0 aliphatic rings. The van der Waals surface area contributed by atoms with Crippen LogP contribution in [0.3, 0.4) is 0 Å². The molecule has 10 nitrogen and oxygen atoms in total. The number of rotatable bonds is 11. The molecule has 0 saturated carbocycles. The van der Waals surface area contributed by atoms with E-state index in [1.165, 1.54) is 0 Å². The van der Waals surface area contributed by atoms with E-state index in [1.807, 2.05) is 21.8 Å². The van der Waals surface area contributed by atoms with Gasteiger partial charge in [-0.3, -0.25) is 9.36 Å². The summed E-state index contributed by atoms with van der Waals surface area (Å²) in [5.41, 5.74) is 2.19. The van der Waals surface area contributed by atoms with Gasteiger partial charge in [-0.25, -0.2) is 0 Å². The molecule has 0 unspecified atom stereocenters. The molecule has 2 aromatic heterocycles. The van der Waals surface area contributed by atoms with E-state index in [4.69, 9.17) is 18.6 Å². The fourth-order valence-corrected chi connectivity index (χ4v) is 2.24. The van der Waals surface area contributed by atoms with Crippen LogP contribution in [0.25, 0.3) is 0 Å². The number of aryl methyl sites for hydroxylation is 2. The average Bonchev–Trinajstić information content (AvgIpc) is 3.21. The second kappa shape index (κ2) is 14.9. The topological polar surface area (TPSA) is 149 Å². The van der Waals surface area contributed by atoms with Crippen LogP contribution < -0.4 is 24.6 Å². The molecule has 0 radical (unpaired) electrons. The molecule has 164 valence electrons. The van der Waals surface area contributed by atoms with E-state index in [0.29, 0.717) is 0 Å². The molecule has 28 heavy (non-hydrogen) atoms. The molecule has 0 amide bonds. The SMILES string of the molecule is CCCNCc1ccn(CCn2ccc(CNCCC)n2)n1.[Cu+].[O-][Cl+3]([O-])([O-])O. The van der Waals surface area contributed by atoms with E-state index in [1.54, 1.807) is 0 Å². The molecular formula is C16H29ClCuN6O4+. The summed E-state index contributed by atoms with van der Waals surface area (Å²) in [7, 11) is -4.69. The third kappa shape index (κ3) is 14.1. The van der Waals surface area contributed by atoms with Gasteiger partial charge in [0.25, 0.3) is 0 Å². The van der Waals surface area contributed by atoms with Crippen LogP contribution in [0, 0.1) is 10.2 Å². The van der Waals surface area contributed by atoms with Gasteiger partial charge in [0.05, 0.1) is 39.4 Å². The largest absolute Gasteiger partial charge is 1.00 e. The third-order valence-electron chi connectivity index (χ3n) is 3.42. The quantitative estimate of drug-likeness (QED) is 0.245. The van der Waals surface area contributed by atoms with Gasteiger partial charge in [0.2, 0.25) is 0 Å². The molecule has 0 atom stereocenters. The van der Waals surface area contributed by atoms with Gasteiger partial charge in [0.1, 0.15) is 0 Å². The van der Waals surface area contributed by atoms with Crippen molar-refractivity contribution in [3.05, 3.63) is 35.9 Å². The molecule has 0 aromatic carbocycles. The predicted octanol–water partition coefficient (Wildman–Crippen LogP) is -2.35. The molecule has 12 heteroatoms. The summed E-state index contributed by atoms with van der Waals surface area (Å²) in [5.74, 6) is 0. The number of nitrogens with zero attached hydrogens (tertiary/aromatic N) is 4. The van der Waals surface area contributed by atoms with Crippen LogP contribution in [0.2, 0.25) is 0 Å². The first-order valence-electron chi connectivity index (χ1n) is 8.91. The Morgan fingerprint density at radius 2 is 1.25 bits per heavy atom. The van der Waals surface area contributed by atoms with Gasteiger partial charge < -0.3 is 10.6 Å². The molecule has 2 rings (SSSR count). The van der Waals surface area contributed by atoms with E-state index in [9.17, 15) is 0 Å². The van der Waals surface area contributed by atoms with E-state index in [-0.39, 0.29) is 17.1 Å². The Morgan fingerprint density at radius 3 is 1.57 bits per heavy atom. The zero-order valence-electron chi connectivity index (χ0n) is 16.1. The summed E-state index contributed by atoms with van der Waals surface area (Å²) in [5, 5.41) is 15.9. The Kier molecular flexibility index (Phi) is 14.4. The smallest absolute Gasteiger partial charge is 0.311 e. The summed E-state index contributed by atoms with van der Waals surface area (Å²) in [6, 6.07) is 4.15. The Balaban J connectivity index is 0.00000108. The normalized spacial score (nSPS) is 10.9. The average molecular weight is 468 g/mol. The molecular weight excluding hydrogens is 439 g/mol. The van der Waals surface area contributed by atoms with E-state index in [0.717, 1.165) is 63.5 Å². The van der Waals surface area contributed by atoms with Crippen molar-refractivity contribution in [2.75, 3.05) is 13.1 Å². The van der Waals surface area contributed by atoms with Crippen LogP contribution in [0.5, 0.6) is 0 Å². The molecule has 0 fully saturated rings. The standard InChI is InChI=1S/C16H28N6.ClHO4.Cu/c1-3-7-17-13-15-5-9-21(19-15)11-12-22-10-6-16(20-22)14-18-8-4-2;2-1(3,4)5;/h5-6,9-10,17-18H,3-4,7-8,11-14H2,1-2H3;(H,2,3,4,5);/q;;+1. The van der Waals surface area contributed by atoms with E-state index < -0.39 is 10.2 Å². The molecule has 0 bridgehead atoms. The number of hydrogen-bond donors (Lipinski definition) is 3. The second-order valence-electron chi connectivity index (χ2n) is 5.89. The summed E-state index contributed by atoms with van der Waals surface area (Å²) < 4.78 is 36.7. The Labute approximate surface area is 178 Å². The van der Waals surface area contributed by atoms with Crippen molar-refractivity contribution in [3.63, 3.8) is 0 Å². The van der Waals surface area contributed by atoms with Crippen molar-refractivity contribution in [2.24, 2.45) is 0 Å². The fourth-order valence-electron chi connectivity index (χ4n) is 2.24. The number of halogens is 1. The van der Waals surface area contributed by atoms with Crippen molar-refractivity contribution < 1.29 is 45.9 Å². The zero-order valence-corrected chi connectivity index (χ0v) is 17.8. The van der Waals surface area contributed by atoms with Crippen molar-refractivity contribution in [1.82, 2.24) is 30.2 Å². The Morgan fingerprint density at radius 1 is 0.893 bits per heavy atom. The Bertz CT molecular complexity index is 580. The van der Waals surface area contributed by atoms with Crippen LogP contribution in [-0.4, -0.2) is 37.3 Å². The van der Waals surface area contributed by atoms with Gasteiger partial charge in [-0.1, -0.05) is 13.8 Å². The van der Waals surface area contributed by atoms with Crippen molar-refractivity contribution in [3.8, 4) is 0 Å². The number of hydrogen-bond acceptors (Lipinski definition) is 8. The molecule has 2 aromatic rings. The molecule has 3 N–H and O–H groups in total. The maximum absolute atomic E-state index is 8.60. The maximum atomic E-state index is 8.60. The maximum Gasteiger partial charge on any atom is 1.00 e. The van der Waals surface area contributed by atoms with Gasteiger partial charge in [-0.15, -0.1) is 0 Å². The first-order valence-corrected chi connectivity index (χ1v) is 10.2. The van der Waals surface area contributed by atoms with Gasteiger partial charge in [-0.05, 0) is 38.1 Å². The van der Waals surface area contributed by atoms with Gasteiger partial charge in [0, 0.05) is 25.5 Å². The predicted molar refractivity (Wildman–Crippen MR) is 90.7 cm³/mol. The minimum absolute atomic E-state index is 0. The minimum Gasteiger partial charge on any atom is -0.311 e. The molecule has 2 heterocycles. The minimum atomic E-state index is -4.69. The third-order valence-corrected chi connectivity index (χ3v) is 3.42. The summed E-state index contributed by atoms with van der Waals surface area (Å²) in [4.78, 5) is 0. The number of nitrogens with one attached hydrogen (secondary N) is 2. The molecule has 0 aliphatic heterocycles. The van der Waals surface area contributed by atoms with Crippen molar-refractivity contribution in [2.45, 2.75) is 52.9 Å². The summed E-state index contributed by atoms with van der Waals surface area (Å²) in [6.45, 7) is 9.79. The van der Waals surface area contributed by atoms with E-state index in [2.05, 4.69) is 46.8 Å². The van der Waals surface area contributed by atoms with E-state index >= 15 is 0 Å². The first kappa shape index (κ1) is 27.0. The molecule has 0 spiro atoms. The van der Waals surface area contributed by atoms with Crippen LogP contribution in [0.15, 0.2) is 24.5 Å². The van der Waals surface area contributed by atoms with Crippen LogP contribution in [0.4, 0.5) is 0 Å². The van der Waals surface area contributed by atoms with Crippen LogP contribution in [-0.2, 0) is 43.2 Å². The second-order valence-corrected chi connectivity index (χ2v) is 6.68. The van der Waals surface area contributed by atoms with Crippen LogP contribution in [0.1, 0.15) is 38.1 Å². The van der Waals surface area contributed by atoms with Crippen LogP contribution >= 0.6 is 0 Å². The van der Waals surface area contributed by atoms with Crippen molar-refractivity contribution >= 4 is 0 Å². The fraction of sp³-hybridized carbons (Fsp3) is 0.625. The first-order chi connectivity index (χ1) is 12.8. The summed E-state index contributed by atoms with van der Waals surface area (Å²) >= 11 is 0. The zero-order chi connectivity index (χ0) is 20.1. The molecule has 0 saturated heterocycles. The monoisotopic (exact) mass is 467 g/mol. The van der Waals surface area contributed by atoms with Crippen molar-refractivity contribution in [1.29, 1.82) is 0 Å². The van der Waals surface area contributed by atoms with Gasteiger partial charge in [-0.2, -0.15) is 24.2 Å². The van der Waals surface area contributed by atoms with Gasteiger partial charge in [0.15, 0.2) is 0 Å².